The van der Waals surface area contributed by atoms with Gasteiger partial charge in [0, 0.05) is 18.3 Å². The third kappa shape index (κ3) is 2.97. The van der Waals surface area contributed by atoms with E-state index in [0.29, 0.717) is 0 Å². The van der Waals surface area contributed by atoms with E-state index in [4.69, 9.17) is 0 Å². The number of halogens is 1. The van der Waals surface area contributed by atoms with Crippen LogP contribution in [-0.2, 0) is 0 Å². The van der Waals surface area contributed by atoms with E-state index in [-0.39, 0.29) is 22.8 Å². The zero-order chi connectivity index (χ0) is 18.1. The summed E-state index contributed by atoms with van der Waals surface area (Å²) in [7, 11) is 0. The molecule has 0 unspecified atom stereocenters. The highest BCUT2D eigenvalue weighted by Gasteiger charge is 2.19. The fourth-order valence-electron chi connectivity index (χ4n) is 2.05. The van der Waals surface area contributed by atoms with Crippen molar-refractivity contribution in [1.82, 2.24) is 9.38 Å². The Labute approximate surface area is 137 Å². The second kappa shape index (κ2) is 5.96. The van der Waals surface area contributed by atoms with E-state index < -0.39 is 28.2 Å². The number of benzene rings is 1. The van der Waals surface area contributed by atoms with Crippen molar-refractivity contribution in [3.63, 3.8) is 0 Å². The molecule has 2 aromatic heterocycles. The minimum Gasteiger partial charge on any atom is -0.506 e. The van der Waals surface area contributed by atoms with Crippen LogP contribution >= 0.6 is 0 Å². The third-order valence-electron chi connectivity index (χ3n) is 3.18. The van der Waals surface area contributed by atoms with Crippen LogP contribution in [0.25, 0.3) is 5.65 Å². The van der Waals surface area contributed by atoms with Crippen LogP contribution in [-0.4, -0.2) is 30.5 Å². The number of non-ortho nitro benzene ring substituents is 1. The SMILES string of the molecule is O=C(O)c1nc2ccc(F)cn2c1N=Nc1cc([N+](=O)[O-])ccc1O. The number of azo groups is 1. The molecule has 0 radical (unpaired) electrons. The lowest BCUT2D eigenvalue weighted by atomic mass is 10.2. The van der Waals surface area contributed by atoms with Gasteiger partial charge in [0.15, 0.2) is 11.5 Å². The minimum absolute atomic E-state index is 0.121. The summed E-state index contributed by atoms with van der Waals surface area (Å²) in [6.45, 7) is 0. The summed E-state index contributed by atoms with van der Waals surface area (Å²) in [5, 5.41) is 37.0. The predicted molar refractivity (Wildman–Crippen MR) is 81.0 cm³/mol. The summed E-state index contributed by atoms with van der Waals surface area (Å²) in [6, 6.07) is 5.44. The molecule has 0 fully saturated rings. The van der Waals surface area contributed by atoms with E-state index in [0.717, 1.165) is 34.9 Å². The molecule has 10 nitrogen and oxygen atoms in total. The van der Waals surface area contributed by atoms with Crippen molar-refractivity contribution in [3.8, 4) is 5.75 Å². The number of fused-ring (bicyclic) bond motifs is 1. The smallest absolute Gasteiger partial charge is 0.358 e. The first-order valence-corrected chi connectivity index (χ1v) is 6.67. The van der Waals surface area contributed by atoms with E-state index >= 15 is 0 Å². The van der Waals surface area contributed by atoms with Crippen LogP contribution in [0.4, 0.5) is 21.6 Å². The van der Waals surface area contributed by atoms with Crippen LogP contribution in [0.15, 0.2) is 46.8 Å². The molecule has 0 amide bonds. The second-order valence-electron chi connectivity index (χ2n) is 4.79. The molecule has 0 bridgehead atoms. The Morgan fingerprint density at radius 3 is 2.72 bits per heavy atom. The summed E-state index contributed by atoms with van der Waals surface area (Å²) >= 11 is 0. The highest BCUT2D eigenvalue weighted by molar-refractivity contribution is 5.91. The number of hydrogen-bond acceptors (Lipinski definition) is 7. The summed E-state index contributed by atoms with van der Waals surface area (Å²) in [5.74, 6) is -2.77. The van der Waals surface area contributed by atoms with Gasteiger partial charge in [-0.05, 0) is 18.2 Å². The number of carboxylic acids is 1. The number of aromatic nitrogens is 2. The molecular weight excluding hydrogens is 337 g/mol. The number of phenols is 1. The zero-order valence-corrected chi connectivity index (χ0v) is 12.2. The standard InChI is InChI=1S/C14H8FN5O5/c15-7-1-4-11-16-12(14(22)23)13(19(11)6-7)18-17-9-5-8(20(24)25)2-3-10(9)21/h1-6,21H,(H,22,23). The maximum Gasteiger partial charge on any atom is 0.358 e. The summed E-state index contributed by atoms with van der Waals surface area (Å²) in [5.41, 5.74) is -0.957. The van der Waals surface area contributed by atoms with Gasteiger partial charge >= 0.3 is 5.97 Å². The molecule has 0 saturated carbocycles. The van der Waals surface area contributed by atoms with Crippen molar-refractivity contribution in [1.29, 1.82) is 0 Å². The van der Waals surface area contributed by atoms with Crippen LogP contribution in [0.2, 0.25) is 0 Å². The van der Waals surface area contributed by atoms with E-state index in [1.54, 1.807) is 0 Å². The average molecular weight is 345 g/mol. The van der Waals surface area contributed by atoms with Gasteiger partial charge in [-0.3, -0.25) is 14.5 Å². The van der Waals surface area contributed by atoms with Gasteiger partial charge < -0.3 is 10.2 Å². The molecule has 0 atom stereocenters. The first kappa shape index (κ1) is 16.0. The normalized spacial score (nSPS) is 11.2. The van der Waals surface area contributed by atoms with Crippen LogP contribution in [0, 0.1) is 15.9 Å². The topological polar surface area (TPSA) is 143 Å². The molecule has 0 aliphatic heterocycles. The van der Waals surface area contributed by atoms with Gasteiger partial charge in [0.25, 0.3) is 5.69 Å². The highest BCUT2D eigenvalue weighted by atomic mass is 19.1. The Morgan fingerprint density at radius 1 is 1.28 bits per heavy atom. The van der Waals surface area contributed by atoms with E-state index in [2.05, 4.69) is 15.2 Å². The second-order valence-corrected chi connectivity index (χ2v) is 4.79. The van der Waals surface area contributed by atoms with Gasteiger partial charge in [-0.25, -0.2) is 14.2 Å². The molecule has 0 saturated heterocycles. The Balaban J connectivity index is 2.14. The molecule has 0 aliphatic rings. The first-order chi connectivity index (χ1) is 11.9. The molecule has 0 spiro atoms. The summed E-state index contributed by atoms with van der Waals surface area (Å²) < 4.78 is 14.5. The number of aromatic hydroxyl groups is 1. The zero-order valence-electron chi connectivity index (χ0n) is 12.2. The van der Waals surface area contributed by atoms with Crippen LogP contribution in [0.3, 0.4) is 0 Å². The number of nitro groups is 1. The van der Waals surface area contributed by atoms with Gasteiger partial charge in [0.05, 0.1) is 4.92 Å². The third-order valence-corrected chi connectivity index (χ3v) is 3.18. The Kier molecular flexibility index (Phi) is 3.81. The molecule has 2 heterocycles. The van der Waals surface area contributed by atoms with E-state index in [9.17, 15) is 29.5 Å². The lowest BCUT2D eigenvalue weighted by Crippen LogP contribution is -1.96. The molecular formula is C14H8FN5O5. The van der Waals surface area contributed by atoms with Gasteiger partial charge in [0.1, 0.15) is 22.9 Å². The lowest BCUT2D eigenvalue weighted by Gasteiger charge is -1.99. The van der Waals surface area contributed by atoms with Crippen LogP contribution in [0.1, 0.15) is 10.5 Å². The van der Waals surface area contributed by atoms with Gasteiger partial charge in [-0.15, -0.1) is 10.2 Å². The van der Waals surface area contributed by atoms with Gasteiger partial charge in [0.2, 0.25) is 0 Å². The van der Waals surface area contributed by atoms with Crippen molar-refractivity contribution in [2.24, 2.45) is 10.2 Å². The van der Waals surface area contributed by atoms with Crippen molar-refractivity contribution in [2.75, 3.05) is 0 Å². The molecule has 3 rings (SSSR count). The average Bonchev–Trinajstić information content (AvgIpc) is 2.92. The number of nitro benzene ring substituents is 1. The minimum atomic E-state index is -1.42. The highest BCUT2D eigenvalue weighted by Crippen LogP contribution is 2.32. The number of rotatable bonds is 4. The molecule has 0 aliphatic carbocycles. The number of nitrogens with zero attached hydrogens (tertiary/aromatic N) is 5. The number of phenolic OH excluding ortho intramolecular Hbond substituents is 1. The molecule has 11 heteroatoms. The van der Waals surface area contributed by atoms with Crippen LogP contribution in [0.5, 0.6) is 5.75 Å². The molecule has 1 aromatic carbocycles. The number of carbonyl (C=O) groups is 1. The fourth-order valence-corrected chi connectivity index (χ4v) is 2.05. The van der Waals surface area contributed by atoms with Crippen molar-refractivity contribution >= 4 is 28.8 Å². The van der Waals surface area contributed by atoms with E-state index in [1.807, 2.05) is 0 Å². The number of hydrogen-bond donors (Lipinski definition) is 2. The fraction of sp³-hybridized carbons (Fsp3) is 0. The van der Waals surface area contributed by atoms with E-state index in [1.165, 1.54) is 6.07 Å². The Hall–Kier alpha value is -3.89. The van der Waals surface area contributed by atoms with Crippen LogP contribution < -0.4 is 0 Å². The quantitative estimate of drug-likeness (QED) is 0.422. The Bertz CT molecular complexity index is 1050. The largest absolute Gasteiger partial charge is 0.506 e. The number of aromatic carboxylic acids is 1. The maximum atomic E-state index is 13.4. The van der Waals surface area contributed by atoms with Crippen molar-refractivity contribution < 1.29 is 24.3 Å². The predicted octanol–water partition coefficient (Wildman–Crippen LogP) is 3.20. The molecule has 3 aromatic rings. The number of pyridine rings is 1. The summed E-state index contributed by atoms with van der Waals surface area (Å²) in [6.07, 6.45) is 0.969. The number of imidazole rings is 1. The maximum absolute atomic E-state index is 13.4. The van der Waals surface area contributed by atoms with Crippen molar-refractivity contribution in [2.45, 2.75) is 0 Å². The Morgan fingerprint density at radius 2 is 2.04 bits per heavy atom. The molecule has 25 heavy (non-hydrogen) atoms. The van der Waals surface area contributed by atoms with Gasteiger partial charge in [-0.2, -0.15) is 0 Å². The first-order valence-electron chi connectivity index (χ1n) is 6.67. The summed E-state index contributed by atoms with van der Waals surface area (Å²) in [4.78, 5) is 25.2. The molecule has 126 valence electrons. The lowest BCUT2D eigenvalue weighted by molar-refractivity contribution is -0.384. The van der Waals surface area contributed by atoms with Gasteiger partial charge in [-0.1, -0.05) is 0 Å². The molecule has 2 N–H and O–H groups in total. The monoisotopic (exact) mass is 345 g/mol. The van der Waals surface area contributed by atoms with Crippen molar-refractivity contribution in [3.05, 3.63) is 58.2 Å². The number of carboxylic acid groups (broad SMARTS) is 1.